The number of hydrogen-bond donors (Lipinski definition) is 2. The number of nitrogens with zero attached hydrogens (tertiary/aromatic N) is 1. The molecule has 0 unspecified atom stereocenters. The predicted molar refractivity (Wildman–Crippen MR) is 141 cm³/mol. The Morgan fingerprint density at radius 1 is 1.09 bits per heavy atom. The zero-order valence-electron chi connectivity index (χ0n) is 16.9. The Balaban J connectivity index is 1.69. The number of hydrazone groups is 1. The third-order valence-corrected chi connectivity index (χ3v) is 6.18. The van der Waals surface area contributed by atoms with Gasteiger partial charge in [-0.1, -0.05) is 40.2 Å². The van der Waals surface area contributed by atoms with E-state index in [1.165, 1.54) is 6.21 Å². The van der Waals surface area contributed by atoms with Crippen LogP contribution in [0, 0.1) is 10.5 Å². The van der Waals surface area contributed by atoms with Crippen LogP contribution in [0.3, 0.4) is 0 Å². The summed E-state index contributed by atoms with van der Waals surface area (Å²) >= 11 is 8.93. The molecule has 3 aromatic rings. The van der Waals surface area contributed by atoms with E-state index in [0.717, 1.165) is 19.3 Å². The molecular formula is C23H18Br2IN3O3. The first kappa shape index (κ1) is 24.4. The minimum atomic E-state index is -0.487. The Kier molecular flexibility index (Phi) is 8.83. The molecule has 0 aliphatic rings. The van der Waals surface area contributed by atoms with E-state index in [1.807, 2.05) is 43.3 Å². The molecule has 32 heavy (non-hydrogen) atoms. The normalized spacial score (nSPS) is 10.8. The van der Waals surface area contributed by atoms with Gasteiger partial charge in [-0.15, -0.1) is 0 Å². The Labute approximate surface area is 216 Å². The van der Waals surface area contributed by atoms with Crippen molar-refractivity contribution in [2.45, 2.75) is 6.92 Å². The summed E-state index contributed by atoms with van der Waals surface area (Å²) in [6, 6.07) is 18.4. The molecule has 0 bridgehead atoms. The van der Waals surface area contributed by atoms with E-state index in [-0.39, 0.29) is 12.5 Å². The van der Waals surface area contributed by atoms with E-state index < -0.39 is 5.97 Å². The number of carbonyl (C=O) groups is 2. The van der Waals surface area contributed by atoms with E-state index >= 15 is 0 Å². The number of anilines is 1. The molecule has 6 nitrogen and oxygen atoms in total. The number of hydrogen-bond acceptors (Lipinski definition) is 5. The van der Waals surface area contributed by atoms with Gasteiger partial charge >= 0.3 is 5.97 Å². The monoisotopic (exact) mass is 669 g/mol. The number of aryl methyl sites for hydroxylation is 1. The van der Waals surface area contributed by atoms with Crippen molar-refractivity contribution in [1.29, 1.82) is 0 Å². The van der Waals surface area contributed by atoms with Crippen molar-refractivity contribution in [3.8, 4) is 5.75 Å². The van der Waals surface area contributed by atoms with Crippen LogP contribution in [-0.4, -0.2) is 24.6 Å². The lowest BCUT2D eigenvalue weighted by Crippen LogP contribution is -2.25. The van der Waals surface area contributed by atoms with Gasteiger partial charge in [-0.2, -0.15) is 5.10 Å². The fraction of sp³-hybridized carbons (Fsp3) is 0.0870. The van der Waals surface area contributed by atoms with Crippen LogP contribution in [-0.2, 0) is 4.79 Å². The molecule has 0 atom stereocenters. The molecule has 0 saturated heterocycles. The van der Waals surface area contributed by atoms with Crippen LogP contribution in [0.1, 0.15) is 21.5 Å². The Hall–Kier alpha value is -2.24. The molecule has 3 rings (SSSR count). The maximum atomic E-state index is 12.7. The van der Waals surface area contributed by atoms with E-state index in [4.69, 9.17) is 4.74 Å². The lowest BCUT2D eigenvalue weighted by molar-refractivity contribution is -0.119. The number of ether oxygens (including phenoxy) is 1. The lowest BCUT2D eigenvalue weighted by atomic mass is 10.2. The number of nitrogens with one attached hydrogen (secondary N) is 2. The molecule has 1 amide bonds. The fourth-order valence-electron chi connectivity index (χ4n) is 2.71. The maximum Gasteiger partial charge on any atom is 0.344 e. The SMILES string of the molecule is Cc1cccc(NCC(=O)N/N=C\c2cc(Br)cc(Br)c2OC(=O)c2ccccc2I)c1. The summed E-state index contributed by atoms with van der Waals surface area (Å²) in [7, 11) is 0. The van der Waals surface area contributed by atoms with Gasteiger partial charge in [-0.3, -0.25) is 4.79 Å². The number of benzene rings is 3. The number of halogens is 3. The first-order valence-corrected chi connectivity index (χ1v) is 12.1. The van der Waals surface area contributed by atoms with Crippen molar-refractivity contribution in [2.75, 3.05) is 11.9 Å². The molecule has 9 heteroatoms. The summed E-state index contributed by atoms with van der Waals surface area (Å²) in [4.78, 5) is 24.8. The highest BCUT2D eigenvalue weighted by atomic mass is 127. The average molecular weight is 671 g/mol. The van der Waals surface area contributed by atoms with Crippen LogP contribution >= 0.6 is 54.5 Å². The highest BCUT2D eigenvalue weighted by Gasteiger charge is 2.17. The minimum Gasteiger partial charge on any atom is -0.421 e. The van der Waals surface area contributed by atoms with Crippen molar-refractivity contribution >= 4 is 78.2 Å². The molecule has 0 aliphatic heterocycles. The van der Waals surface area contributed by atoms with E-state index in [1.54, 1.807) is 24.3 Å². The molecule has 0 aromatic heterocycles. The van der Waals surface area contributed by atoms with Crippen molar-refractivity contribution in [3.63, 3.8) is 0 Å². The quantitative estimate of drug-likeness (QED) is 0.108. The molecule has 3 aromatic carbocycles. The molecule has 0 saturated carbocycles. The van der Waals surface area contributed by atoms with Gasteiger partial charge in [-0.05, 0) is 87.4 Å². The average Bonchev–Trinajstić information content (AvgIpc) is 2.75. The highest BCUT2D eigenvalue weighted by molar-refractivity contribution is 14.1. The zero-order valence-corrected chi connectivity index (χ0v) is 22.2. The van der Waals surface area contributed by atoms with Gasteiger partial charge in [0.2, 0.25) is 0 Å². The van der Waals surface area contributed by atoms with Gasteiger partial charge < -0.3 is 10.1 Å². The Morgan fingerprint density at radius 3 is 2.62 bits per heavy atom. The maximum absolute atomic E-state index is 12.7. The van der Waals surface area contributed by atoms with E-state index in [2.05, 4.69) is 70.3 Å². The third-order valence-electron chi connectivity index (χ3n) is 4.19. The number of rotatable bonds is 7. The van der Waals surface area contributed by atoms with Gasteiger partial charge in [0.25, 0.3) is 5.91 Å². The first-order valence-electron chi connectivity index (χ1n) is 9.41. The number of carbonyl (C=O) groups excluding carboxylic acids is 2. The molecule has 0 heterocycles. The van der Waals surface area contributed by atoms with Crippen LogP contribution in [0.2, 0.25) is 0 Å². The molecular weight excluding hydrogens is 653 g/mol. The van der Waals surface area contributed by atoms with Gasteiger partial charge in [0, 0.05) is 19.3 Å². The number of amides is 1. The second-order valence-electron chi connectivity index (χ2n) is 6.69. The summed E-state index contributed by atoms with van der Waals surface area (Å²) in [5.41, 5.74) is 5.39. The number of esters is 1. The smallest absolute Gasteiger partial charge is 0.344 e. The third kappa shape index (κ3) is 6.88. The zero-order chi connectivity index (χ0) is 23.1. The summed E-state index contributed by atoms with van der Waals surface area (Å²) in [5, 5.41) is 7.05. The van der Waals surface area contributed by atoms with Crippen LogP contribution in [0.15, 0.2) is 74.7 Å². The Bertz CT molecular complexity index is 1180. The van der Waals surface area contributed by atoms with Crippen molar-refractivity contribution in [1.82, 2.24) is 5.43 Å². The summed E-state index contributed by atoms with van der Waals surface area (Å²) in [5.74, 6) is -0.498. The van der Waals surface area contributed by atoms with Gasteiger partial charge in [0.15, 0.2) is 5.75 Å². The van der Waals surface area contributed by atoms with Crippen LogP contribution in [0.4, 0.5) is 5.69 Å². The van der Waals surface area contributed by atoms with Crippen LogP contribution < -0.4 is 15.5 Å². The van der Waals surface area contributed by atoms with E-state index in [9.17, 15) is 9.59 Å². The standard InChI is InChI=1S/C23H18Br2IN3O3/c1-14-5-4-6-17(9-14)27-13-21(30)29-28-12-15-10-16(24)11-19(25)22(15)32-23(31)18-7-2-3-8-20(18)26/h2-12,27H,13H2,1H3,(H,29,30)/b28-12-. The van der Waals surface area contributed by atoms with Crippen LogP contribution in [0.5, 0.6) is 5.75 Å². The second kappa shape index (κ2) is 11.6. The molecule has 0 aliphatic carbocycles. The topological polar surface area (TPSA) is 79.8 Å². The van der Waals surface area contributed by atoms with Crippen LogP contribution in [0.25, 0.3) is 0 Å². The van der Waals surface area contributed by atoms with E-state index in [0.29, 0.717) is 21.3 Å². The Morgan fingerprint density at radius 2 is 1.88 bits per heavy atom. The van der Waals surface area contributed by atoms with Crippen molar-refractivity contribution in [3.05, 3.63) is 89.9 Å². The predicted octanol–water partition coefficient (Wildman–Crippen LogP) is 5.91. The molecule has 2 N–H and O–H groups in total. The largest absolute Gasteiger partial charge is 0.421 e. The highest BCUT2D eigenvalue weighted by Crippen LogP contribution is 2.33. The minimum absolute atomic E-state index is 0.0667. The van der Waals surface area contributed by atoms with Gasteiger partial charge in [0.05, 0.1) is 22.8 Å². The summed E-state index contributed by atoms with van der Waals surface area (Å²) in [6.45, 7) is 2.05. The summed E-state index contributed by atoms with van der Waals surface area (Å²) < 4.78 is 7.76. The van der Waals surface area contributed by atoms with Crippen molar-refractivity contribution in [2.24, 2.45) is 5.10 Å². The summed E-state index contributed by atoms with van der Waals surface area (Å²) in [6.07, 6.45) is 1.43. The lowest BCUT2D eigenvalue weighted by Gasteiger charge is -2.11. The molecule has 0 fully saturated rings. The molecule has 0 radical (unpaired) electrons. The molecule has 164 valence electrons. The second-order valence-corrected chi connectivity index (χ2v) is 9.62. The fourth-order valence-corrected chi connectivity index (χ4v) is 4.66. The van der Waals surface area contributed by atoms with Gasteiger partial charge in [0.1, 0.15) is 0 Å². The molecule has 0 spiro atoms. The van der Waals surface area contributed by atoms with Crippen molar-refractivity contribution < 1.29 is 14.3 Å². The first-order chi connectivity index (χ1) is 15.3. The van der Waals surface area contributed by atoms with Gasteiger partial charge in [-0.25, -0.2) is 10.2 Å².